The van der Waals surface area contributed by atoms with Gasteiger partial charge in [0.1, 0.15) is 5.82 Å². The maximum atomic E-state index is 14.0. The van der Waals surface area contributed by atoms with Crippen molar-refractivity contribution in [3.63, 3.8) is 0 Å². The monoisotopic (exact) mass is 497 g/mol. The van der Waals surface area contributed by atoms with Crippen LogP contribution < -0.4 is 0 Å². The van der Waals surface area contributed by atoms with E-state index < -0.39 is 12.1 Å². The summed E-state index contributed by atoms with van der Waals surface area (Å²) >= 11 is 0. The van der Waals surface area contributed by atoms with E-state index in [0.29, 0.717) is 24.6 Å². The fraction of sp³-hybridized carbons (Fsp3) is 0.500. The Bertz CT molecular complexity index is 1040. The van der Waals surface area contributed by atoms with Gasteiger partial charge in [-0.1, -0.05) is 49.4 Å². The van der Waals surface area contributed by atoms with Gasteiger partial charge in [-0.25, -0.2) is 4.39 Å². The van der Waals surface area contributed by atoms with Crippen molar-refractivity contribution in [3.05, 3.63) is 76.6 Å². The molecule has 2 aromatic rings. The summed E-state index contributed by atoms with van der Waals surface area (Å²) in [5.74, 6) is -0.963. The van der Waals surface area contributed by atoms with Gasteiger partial charge in [0, 0.05) is 19.0 Å². The Morgan fingerprint density at radius 1 is 1.28 bits per heavy atom. The molecule has 1 fully saturated rings. The number of hydrogen-bond acceptors (Lipinski definition) is 4. The standard InChI is InChI=1S/C30H40FNO4/c1-4-24(9-7-13-30(34)35)28-12-6-5-11-27(28)22(3)36-20-26(33)19-32-16-8-10-25(32)17-23-15-14-21(2)29(31)18-23/h5-6,9,11-12,14-15,18,22,25-26,33H,4,7-8,10,13,16-17,19-20H2,1-3H3,(H,34,35)/b24-9+/t22-,25+,26+/m1/s1. The van der Waals surface area contributed by atoms with Crippen LogP contribution in [0.4, 0.5) is 4.39 Å². The van der Waals surface area contributed by atoms with E-state index >= 15 is 0 Å². The van der Waals surface area contributed by atoms with Gasteiger partial charge in [0.2, 0.25) is 0 Å². The van der Waals surface area contributed by atoms with Crippen molar-refractivity contribution in [1.29, 1.82) is 0 Å². The third kappa shape index (κ3) is 7.99. The smallest absolute Gasteiger partial charge is 0.303 e. The topological polar surface area (TPSA) is 70.0 Å². The van der Waals surface area contributed by atoms with Crippen LogP contribution in [0.25, 0.3) is 5.57 Å². The van der Waals surface area contributed by atoms with E-state index in [9.17, 15) is 14.3 Å². The van der Waals surface area contributed by atoms with Crippen LogP contribution in [0.5, 0.6) is 0 Å². The second-order valence-electron chi connectivity index (χ2n) is 9.81. The number of nitrogens with zero attached hydrogens (tertiary/aromatic N) is 1. The number of carbonyl (C=O) groups is 1. The zero-order valence-electron chi connectivity index (χ0n) is 21.8. The van der Waals surface area contributed by atoms with Crippen molar-refractivity contribution < 1.29 is 24.1 Å². The summed E-state index contributed by atoms with van der Waals surface area (Å²) in [4.78, 5) is 13.2. The quantitative estimate of drug-likeness (QED) is 0.359. The molecule has 0 amide bonds. The Hall–Kier alpha value is -2.54. The first-order valence-electron chi connectivity index (χ1n) is 13.1. The zero-order chi connectivity index (χ0) is 26.1. The van der Waals surface area contributed by atoms with Crippen LogP contribution in [0, 0.1) is 12.7 Å². The van der Waals surface area contributed by atoms with Crippen LogP contribution in [-0.4, -0.2) is 52.9 Å². The number of β-amino-alcohol motifs (C(OH)–C–C–N with tert-alkyl or cyclic N) is 1. The largest absolute Gasteiger partial charge is 0.481 e. The van der Waals surface area contributed by atoms with Crippen molar-refractivity contribution in [1.82, 2.24) is 4.90 Å². The van der Waals surface area contributed by atoms with Crippen molar-refractivity contribution in [2.24, 2.45) is 0 Å². The Kier molecular flexibility index (Phi) is 10.7. The van der Waals surface area contributed by atoms with Crippen molar-refractivity contribution in [2.75, 3.05) is 19.7 Å². The molecule has 1 aliphatic heterocycles. The molecule has 6 heteroatoms. The second-order valence-corrected chi connectivity index (χ2v) is 9.81. The minimum atomic E-state index is -0.799. The number of aliphatic carboxylic acids is 1. The summed E-state index contributed by atoms with van der Waals surface area (Å²) < 4.78 is 20.1. The highest BCUT2D eigenvalue weighted by Crippen LogP contribution is 2.29. The number of carboxylic acids is 1. The molecular weight excluding hydrogens is 457 g/mol. The van der Waals surface area contributed by atoms with Gasteiger partial charge in [-0.3, -0.25) is 9.69 Å². The van der Waals surface area contributed by atoms with Crippen LogP contribution in [0.15, 0.2) is 48.5 Å². The Labute approximate surface area is 214 Å². The van der Waals surface area contributed by atoms with E-state index in [2.05, 4.69) is 11.8 Å². The summed E-state index contributed by atoms with van der Waals surface area (Å²) in [5.41, 5.74) is 4.86. The average molecular weight is 498 g/mol. The average Bonchev–Trinajstić information content (AvgIpc) is 3.28. The molecule has 1 heterocycles. The van der Waals surface area contributed by atoms with Gasteiger partial charge < -0.3 is 14.9 Å². The van der Waals surface area contributed by atoms with Gasteiger partial charge in [-0.05, 0) is 86.4 Å². The van der Waals surface area contributed by atoms with E-state index in [1.807, 2.05) is 49.4 Å². The predicted octanol–water partition coefficient (Wildman–Crippen LogP) is 5.94. The van der Waals surface area contributed by atoms with Gasteiger partial charge in [-0.2, -0.15) is 0 Å². The molecule has 0 radical (unpaired) electrons. The first kappa shape index (κ1) is 28.0. The molecule has 2 N–H and O–H groups in total. The van der Waals surface area contributed by atoms with E-state index in [-0.39, 0.29) is 24.9 Å². The van der Waals surface area contributed by atoms with Crippen LogP contribution in [0.3, 0.4) is 0 Å². The molecule has 3 rings (SSSR count). The lowest BCUT2D eigenvalue weighted by atomic mass is 9.94. The summed E-state index contributed by atoms with van der Waals surface area (Å²) in [5, 5.41) is 19.7. The molecule has 2 aromatic carbocycles. The number of allylic oxidation sites excluding steroid dienone is 2. The second kappa shape index (κ2) is 13.7. The molecule has 36 heavy (non-hydrogen) atoms. The molecule has 0 aromatic heterocycles. The van der Waals surface area contributed by atoms with E-state index in [1.54, 1.807) is 13.0 Å². The highest BCUT2D eigenvalue weighted by atomic mass is 19.1. The lowest BCUT2D eigenvalue weighted by Gasteiger charge is -2.28. The zero-order valence-corrected chi connectivity index (χ0v) is 21.8. The number of aryl methyl sites for hydroxylation is 1. The Morgan fingerprint density at radius 3 is 2.78 bits per heavy atom. The number of ether oxygens (including phenoxy) is 1. The third-order valence-electron chi connectivity index (χ3n) is 7.07. The number of rotatable bonds is 13. The molecule has 5 nitrogen and oxygen atoms in total. The molecule has 1 aliphatic rings. The molecule has 0 saturated carbocycles. The predicted molar refractivity (Wildman–Crippen MR) is 141 cm³/mol. The SMILES string of the molecule is CC/C(=C\CCC(=O)O)c1ccccc1[C@@H](C)OC[C@@H](O)CN1CCC[C@H]1Cc1ccc(C)c(F)c1. The Balaban J connectivity index is 1.56. The highest BCUT2D eigenvalue weighted by Gasteiger charge is 2.27. The Morgan fingerprint density at radius 2 is 2.06 bits per heavy atom. The number of benzene rings is 2. The summed E-state index contributed by atoms with van der Waals surface area (Å²) in [6, 6.07) is 13.8. The maximum Gasteiger partial charge on any atom is 0.303 e. The first-order chi connectivity index (χ1) is 17.3. The fourth-order valence-corrected chi connectivity index (χ4v) is 5.03. The normalized spacial score (nSPS) is 18.4. The molecule has 0 unspecified atom stereocenters. The minimum Gasteiger partial charge on any atom is -0.481 e. The van der Waals surface area contributed by atoms with Crippen LogP contribution in [-0.2, 0) is 16.0 Å². The van der Waals surface area contributed by atoms with Crippen molar-refractivity contribution in [2.45, 2.75) is 77.5 Å². The van der Waals surface area contributed by atoms with Crippen LogP contribution in [0.1, 0.15) is 74.3 Å². The van der Waals surface area contributed by atoms with Crippen molar-refractivity contribution >= 4 is 11.5 Å². The highest BCUT2D eigenvalue weighted by molar-refractivity contribution is 5.70. The molecule has 1 saturated heterocycles. The molecular formula is C30H40FNO4. The summed E-state index contributed by atoms with van der Waals surface area (Å²) in [6.45, 7) is 7.51. The summed E-state index contributed by atoms with van der Waals surface area (Å²) in [6.07, 6.45) is 5.47. The number of aliphatic hydroxyl groups is 1. The number of hydrogen-bond donors (Lipinski definition) is 2. The van der Waals surface area contributed by atoms with Gasteiger partial charge in [0.05, 0.1) is 18.8 Å². The number of halogens is 1. The minimum absolute atomic E-state index is 0.111. The first-order valence-corrected chi connectivity index (χ1v) is 13.1. The fourth-order valence-electron chi connectivity index (χ4n) is 5.03. The molecule has 0 aliphatic carbocycles. The molecule has 0 bridgehead atoms. The number of likely N-dealkylation sites (tertiary alicyclic amines) is 1. The molecule has 196 valence electrons. The number of carboxylic acid groups (broad SMARTS) is 1. The maximum absolute atomic E-state index is 14.0. The molecule has 3 atom stereocenters. The van der Waals surface area contributed by atoms with E-state index in [4.69, 9.17) is 9.84 Å². The van der Waals surface area contributed by atoms with Crippen molar-refractivity contribution in [3.8, 4) is 0 Å². The lowest BCUT2D eigenvalue weighted by Crippen LogP contribution is -2.39. The van der Waals surface area contributed by atoms with Gasteiger partial charge >= 0.3 is 5.97 Å². The van der Waals surface area contributed by atoms with Gasteiger partial charge in [0.15, 0.2) is 0 Å². The third-order valence-corrected chi connectivity index (χ3v) is 7.07. The lowest BCUT2D eigenvalue weighted by molar-refractivity contribution is -0.136. The van der Waals surface area contributed by atoms with Gasteiger partial charge in [-0.15, -0.1) is 0 Å². The van der Waals surface area contributed by atoms with Crippen LogP contribution >= 0.6 is 0 Å². The summed E-state index contributed by atoms with van der Waals surface area (Å²) in [7, 11) is 0. The van der Waals surface area contributed by atoms with Gasteiger partial charge in [0.25, 0.3) is 0 Å². The molecule has 0 spiro atoms. The van der Waals surface area contributed by atoms with E-state index in [0.717, 1.165) is 54.5 Å². The van der Waals surface area contributed by atoms with Crippen LogP contribution in [0.2, 0.25) is 0 Å². The number of aliphatic hydroxyl groups excluding tert-OH is 1. The van der Waals surface area contributed by atoms with E-state index in [1.165, 1.54) is 0 Å².